The average molecular weight is 348 g/mol. The molecule has 0 fully saturated rings. The maximum atomic E-state index is 12.6. The van der Waals surface area contributed by atoms with Gasteiger partial charge in [0.15, 0.2) is 0 Å². The van der Waals surface area contributed by atoms with Crippen molar-refractivity contribution in [2.45, 2.75) is 17.4 Å². The van der Waals surface area contributed by atoms with Crippen LogP contribution in [0, 0.1) is 0 Å². The molecule has 23 heavy (non-hydrogen) atoms. The fraction of sp³-hybridized carbons (Fsp3) is 0.188. The Morgan fingerprint density at radius 2 is 2.09 bits per heavy atom. The molecule has 0 aliphatic heterocycles. The van der Waals surface area contributed by atoms with Gasteiger partial charge in [-0.3, -0.25) is 4.98 Å². The van der Waals surface area contributed by atoms with Crippen LogP contribution in [0.5, 0.6) is 0 Å². The first-order valence-corrected chi connectivity index (χ1v) is 9.41. The Morgan fingerprint density at radius 3 is 2.83 bits per heavy atom. The lowest BCUT2D eigenvalue weighted by Crippen LogP contribution is -2.38. The minimum atomic E-state index is -3.76. The summed E-state index contributed by atoms with van der Waals surface area (Å²) in [6.45, 7) is 1.48. The molecule has 3 aromatic rings. The fourth-order valence-corrected chi connectivity index (χ4v) is 4.42. The topological polar surface area (TPSA) is 79.3 Å². The molecule has 1 atom stereocenters. The molecule has 0 bridgehead atoms. The Kier molecular flexibility index (Phi) is 4.20. The third-order valence-electron chi connectivity index (χ3n) is 3.64. The van der Waals surface area contributed by atoms with Crippen LogP contribution >= 0.6 is 11.3 Å². The van der Waals surface area contributed by atoms with Crippen molar-refractivity contribution in [2.75, 3.05) is 6.54 Å². The highest BCUT2D eigenvalue weighted by Crippen LogP contribution is 2.24. The lowest BCUT2D eigenvalue weighted by atomic mass is 10.0. The highest BCUT2D eigenvalue weighted by molar-refractivity contribution is 7.89. The number of benzene rings is 1. The third-order valence-corrected chi connectivity index (χ3v) is 5.79. The number of hydrogen-bond donors (Lipinski definition) is 2. The number of aliphatic hydroxyl groups is 1. The number of hydrogen-bond acceptors (Lipinski definition) is 5. The van der Waals surface area contributed by atoms with Crippen LogP contribution in [0.4, 0.5) is 0 Å². The van der Waals surface area contributed by atoms with Gasteiger partial charge in [-0.15, -0.1) is 0 Å². The van der Waals surface area contributed by atoms with Gasteiger partial charge in [-0.1, -0.05) is 6.07 Å². The Balaban J connectivity index is 1.90. The van der Waals surface area contributed by atoms with Crippen molar-refractivity contribution in [3.63, 3.8) is 0 Å². The van der Waals surface area contributed by atoms with Gasteiger partial charge in [0.05, 0.1) is 10.4 Å². The van der Waals surface area contributed by atoms with E-state index in [2.05, 4.69) is 9.71 Å². The second kappa shape index (κ2) is 6.01. The lowest BCUT2D eigenvalue weighted by Gasteiger charge is -2.23. The first-order chi connectivity index (χ1) is 10.9. The summed E-state index contributed by atoms with van der Waals surface area (Å²) in [6.07, 6.45) is 1.62. The molecule has 0 spiro atoms. The van der Waals surface area contributed by atoms with Crippen LogP contribution in [0.1, 0.15) is 12.5 Å². The molecule has 7 heteroatoms. The molecule has 0 radical (unpaired) electrons. The molecule has 2 heterocycles. The number of sulfonamides is 1. The number of rotatable bonds is 5. The van der Waals surface area contributed by atoms with Crippen molar-refractivity contribution in [2.24, 2.45) is 0 Å². The van der Waals surface area contributed by atoms with Gasteiger partial charge < -0.3 is 5.11 Å². The summed E-state index contributed by atoms with van der Waals surface area (Å²) in [5.74, 6) is 0. The zero-order chi connectivity index (χ0) is 16.5. The highest BCUT2D eigenvalue weighted by atomic mass is 32.2. The van der Waals surface area contributed by atoms with Crippen molar-refractivity contribution < 1.29 is 13.5 Å². The molecule has 0 amide bonds. The molecular formula is C16H16N2O3S2. The first kappa shape index (κ1) is 16.1. The average Bonchev–Trinajstić information content (AvgIpc) is 3.08. The molecule has 0 saturated carbocycles. The quantitative estimate of drug-likeness (QED) is 0.742. The van der Waals surface area contributed by atoms with E-state index < -0.39 is 15.6 Å². The van der Waals surface area contributed by atoms with E-state index in [1.165, 1.54) is 17.4 Å². The maximum Gasteiger partial charge on any atom is 0.241 e. The van der Waals surface area contributed by atoms with Crippen molar-refractivity contribution in [1.29, 1.82) is 0 Å². The molecule has 1 aromatic carbocycles. The van der Waals surface area contributed by atoms with Crippen LogP contribution < -0.4 is 4.72 Å². The number of pyridine rings is 1. The summed E-state index contributed by atoms with van der Waals surface area (Å²) in [6, 6.07) is 10.1. The Hall–Kier alpha value is -1.80. The normalized spacial score (nSPS) is 14.7. The number of nitrogens with zero attached hydrogens (tertiary/aromatic N) is 1. The van der Waals surface area contributed by atoms with Crippen molar-refractivity contribution in [3.05, 3.63) is 58.9 Å². The Labute approximate surface area is 138 Å². The smallest absolute Gasteiger partial charge is 0.241 e. The van der Waals surface area contributed by atoms with E-state index in [9.17, 15) is 13.5 Å². The van der Waals surface area contributed by atoms with Crippen LogP contribution in [0.2, 0.25) is 0 Å². The van der Waals surface area contributed by atoms with Gasteiger partial charge in [-0.2, -0.15) is 11.3 Å². The summed E-state index contributed by atoms with van der Waals surface area (Å²) >= 11 is 1.45. The van der Waals surface area contributed by atoms with Crippen molar-refractivity contribution in [3.8, 4) is 0 Å². The molecule has 3 rings (SSSR count). The second-order valence-electron chi connectivity index (χ2n) is 5.44. The second-order valence-corrected chi connectivity index (χ2v) is 7.95. The standard InChI is InChI=1S/C16H16N2O3S2/c1-16(19,12-7-9-22-10-12)11-18-23(20,21)15-6-2-5-14-13(15)4-3-8-17-14/h2-10,18-19H,11H2,1H3/t16-/m1/s1. The lowest BCUT2D eigenvalue weighted by molar-refractivity contribution is 0.0632. The van der Waals surface area contributed by atoms with Gasteiger partial charge in [-0.25, -0.2) is 13.1 Å². The first-order valence-electron chi connectivity index (χ1n) is 6.99. The number of aromatic nitrogens is 1. The number of nitrogens with one attached hydrogen (secondary N) is 1. The molecule has 0 saturated heterocycles. The Morgan fingerprint density at radius 1 is 1.26 bits per heavy atom. The molecule has 2 aromatic heterocycles. The van der Waals surface area contributed by atoms with E-state index >= 15 is 0 Å². The van der Waals surface area contributed by atoms with E-state index in [1.807, 2.05) is 5.38 Å². The molecule has 120 valence electrons. The molecule has 0 aliphatic rings. The summed E-state index contributed by atoms with van der Waals surface area (Å²) in [5, 5.41) is 14.7. The van der Waals surface area contributed by atoms with E-state index in [0.29, 0.717) is 16.5 Å². The van der Waals surface area contributed by atoms with Gasteiger partial charge in [-0.05, 0) is 53.6 Å². The fourth-order valence-electron chi connectivity index (χ4n) is 2.30. The van der Waals surface area contributed by atoms with Gasteiger partial charge in [0.2, 0.25) is 10.0 Å². The molecule has 5 nitrogen and oxygen atoms in total. The summed E-state index contributed by atoms with van der Waals surface area (Å²) in [5.41, 5.74) is 0.0281. The van der Waals surface area contributed by atoms with Crippen LogP contribution in [-0.4, -0.2) is 25.1 Å². The predicted molar refractivity (Wildman–Crippen MR) is 90.8 cm³/mol. The summed E-state index contributed by atoms with van der Waals surface area (Å²) < 4.78 is 27.7. The van der Waals surface area contributed by atoms with Gasteiger partial charge in [0.25, 0.3) is 0 Å². The zero-order valence-electron chi connectivity index (χ0n) is 12.4. The highest BCUT2D eigenvalue weighted by Gasteiger charge is 2.27. The molecule has 0 unspecified atom stereocenters. The third kappa shape index (κ3) is 3.28. The summed E-state index contributed by atoms with van der Waals surface area (Å²) in [4.78, 5) is 4.32. The predicted octanol–water partition coefficient (Wildman–Crippen LogP) is 2.48. The molecule has 2 N–H and O–H groups in total. The van der Waals surface area contributed by atoms with E-state index in [4.69, 9.17) is 0 Å². The maximum absolute atomic E-state index is 12.6. The van der Waals surface area contributed by atoms with E-state index in [0.717, 1.165) is 0 Å². The van der Waals surface area contributed by atoms with Crippen molar-refractivity contribution >= 4 is 32.3 Å². The summed E-state index contributed by atoms with van der Waals surface area (Å²) in [7, 11) is -3.76. The number of thiophene rings is 1. The number of fused-ring (bicyclic) bond motifs is 1. The van der Waals surface area contributed by atoms with Crippen LogP contribution in [-0.2, 0) is 15.6 Å². The van der Waals surface area contributed by atoms with Crippen LogP contribution in [0.25, 0.3) is 10.9 Å². The van der Waals surface area contributed by atoms with Crippen LogP contribution in [0.15, 0.2) is 58.3 Å². The molecular weight excluding hydrogens is 332 g/mol. The monoisotopic (exact) mass is 348 g/mol. The minimum Gasteiger partial charge on any atom is -0.384 e. The van der Waals surface area contributed by atoms with Gasteiger partial charge in [0.1, 0.15) is 5.60 Å². The van der Waals surface area contributed by atoms with E-state index in [1.54, 1.807) is 48.8 Å². The SMILES string of the molecule is C[C@@](O)(CNS(=O)(=O)c1cccc2ncccc12)c1ccsc1. The van der Waals surface area contributed by atoms with Gasteiger partial charge >= 0.3 is 0 Å². The Bertz CT molecular complexity index is 914. The molecule has 0 aliphatic carbocycles. The van der Waals surface area contributed by atoms with Gasteiger partial charge in [0, 0.05) is 18.1 Å². The largest absolute Gasteiger partial charge is 0.384 e. The van der Waals surface area contributed by atoms with Crippen molar-refractivity contribution in [1.82, 2.24) is 9.71 Å². The van der Waals surface area contributed by atoms with E-state index in [-0.39, 0.29) is 11.4 Å². The zero-order valence-corrected chi connectivity index (χ0v) is 14.1. The van der Waals surface area contributed by atoms with Crippen LogP contribution in [0.3, 0.4) is 0 Å². The minimum absolute atomic E-state index is 0.108.